The molecule has 1 fully saturated rings. The van der Waals surface area contributed by atoms with E-state index in [2.05, 4.69) is 17.5 Å². The Morgan fingerprint density at radius 2 is 1.92 bits per heavy atom. The number of rotatable bonds is 2. The van der Waals surface area contributed by atoms with Crippen LogP contribution in [-0.4, -0.2) is 23.3 Å². The van der Waals surface area contributed by atoms with Gasteiger partial charge in [0.1, 0.15) is 0 Å². The van der Waals surface area contributed by atoms with Gasteiger partial charge in [-0.05, 0) is 32.1 Å². The van der Waals surface area contributed by atoms with Gasteiger partial charge in [-0.15, -0.1) is 0 Å². The molecule has 2 heteroatoms. The Kier molecular flexibility index (Phi) is 2.47. The molecule has 0 saturated heterocycles. The second-order valence-corrected chi connectivity index (χ2v) is 3.91. The highest BCUT2D eigenvalue weighted by molar-refractivity contribution is 4.99. The fourth-order valence-electron chi connectivity index (χ4n) is 2.19. The molecule has 0 aromatic carbocycles. The lowest BCUT2D eigenvalue weighted by atomic mass is 10.1. The van der Waals surface area contributed by atoms with Crippen LogP contribution < -0.4 is 5.32 Å². The first-order valence-electron chi connectivity index (χ1n) is 4.95. The zero-order valence-corrected chi connectivity index (χ0v) is 7.37. The molecule has 0 aliphatic heterocycles. The van der Waals surface area contributed by atoms with Gasteiger partial charge in [0.25, 0.3) is 0 Å². The van der Waals surface area contributed by atoms with E-state index in [0.29, 0.717) is 12.1 Å². The van der Waals surface area contributed by atoms with Gasteiger partial charge in [-0.3, -0.25) is 0 Å². The third-order valence-electron chi connectivity index (χ3n) is 2.94. The lowest BCUT2D eigenvalue weighted by Gasteiger charge is -2.21. The molecule has 2 aliphatic rings. The maximum absolute atomic E-state index is 9.57. The average Bonchev–Trinajstić information content (AvgIpc) is 2.65. The Bertz CT molecular complexity index is 171. The number of nitrogens with one attached hydrogen (secondary N) is 1. The summed E-state index contributed by atoms with van der Waals surface area (Å²) in [5.74, 6) is 0. The number of hydrogen-bond donors (Lipinski definition) is 2. The molecule has 0 spiro atoms. The van der Waals surface area contributed by atoms with E-state index in [0.717, 1.165) is 25.7 Å². The van der Waals surface area contributed by atoms with Crippen molar-refractivity contribution in [3.63, 3.8) is 0 Å². The van der Waals surface area contributed by atoms with Gasteiger partial charge in [0.2, 0.25) is 0 Å². The van der Waals surface area contributed by atoms with Crippen molar-refractivity contribution < 1.29 is 5.11 Å². The second kappa shape index (κ2) is 3.58. The molecule has 2 rings (SSSR count). The predicted molar refractivity (Wildman–Crippen MR) is 48.9 cm³/mol. The molecule has 68 valence electrons. The molecule has 0 heterocycles. The molecule has 0 amide bonds. The molecule has 0 radical (unpaired) electrons. The summed E-state index contributed by atoms with van der Waals surface area (Å²) in [5.41, 5.74) is 0. The molecule has 1 saturated carbocycles. The number of aliphatic hydroxyl groups is 1. The Morgan fingerprint density at radius 1 is 1.17 bits per heavy atom. The van der Waals surface area contributed by atoms with Gasteiger partial charge in [-0.2, -0.15) is 0 Å². The normalized spacial score (nSPS) is 36.4. The fraction of sp³-hybridized carbons (Fsp3) is 0.800. The first-order valence-corrected chi connectivity index (χ1v) is 4.95. The van der Waals surface area contributed by atoms with Gasteiger partial charge >= 0.3 is 0 Å². The Hall–Kier alpha value is -0.340. The van der Waals surface area contributed by atoms with E-state index >= 15 is 0 Å². The molecular formula is C10H17NO. The van der Waals surface area contributed by atoms with Crippen LogP contribution in [0.2, 0.25) is 0 Å². The fourth-order valence-corrected chi connectivity index (χ4v) is 2.19. The minimum absolute atomic E-state index is 0.0920. The molecule has 0 aromatic rings. The largest absolute Gasteiger partial charge is 0.392 e. The summed E-state index contributed by atoms with van der Waals surface area (Å²) in [6, 6.07) is 0.970. The van der Waals surface area contributed by atoms with E-state index < -0.39 is 0 Å². The van der Waals surface area contributed by atoms with Crippen molar-refractivity contribution in [1.29, 1.82) is 0 Å². The highest BCUT2D eigenvalue weighted by Crippen LogP contribution is 2.21. The molecule has 12 heavy (non-hydrogen) atoms. The van der Waals surface area contributed by atoms with Crippen molar-refractivity contribution in [1.82, 2.24) is 5.32 Å². The van der Waals surface area contributed by atoms with Crippen LogP contribution in [0.25, 0.3) is 0 Å². The van der Waals surface area contributed by atoms with E-state index in [1.165, 1.54) is 6.42 Å². The quantitative estimate of drug-likeness (QED) is 0.606. The van der Waals surface area contributed by atoms with Gasteiger partial charge in [-0.1, -0.05) is 12.2 Å². The lowest BCUT2D eigenvalue weighted by molar-refractivity contribution is 0.143. The molecule has 2 nitrogen and oxygen atoms in total. The van der Waals surface area contributed by atoms with Crippen molar-refractivity contribution in [2.24, 2.45) is 0 Å². The Morgan fingerprint density at radius 3 is 2.50 bits per heavy atom. The molecule has 0 aromatic heterocycles. The minimum Gasteiger partial charge on any atom is -0.392 e. The van der Waals surface area contributed by atoms with Gasteiger partial charge in [0.15, 0.2) is 0 Å². The first kappa shape index (κ1) is 8.27. The Balaban J connectivity index is 1.78. The first-order chi connectivity index (χ1) is 5.86. The molecular weight excluding hydrogens is 150 g/mol. The van der Waals surface area contributed by atoms with Gasteiger partial charge in [0.05, 0.1) is 6.10 Å². The lowest BCUT2D eigenvalue weighted by Crippen LogP contribution is -2.41. The predicted octanol–water partition coefficient (Wildman–Crippen LogP) is 1.21. The van der Waals surface area contributed by atoms with Crippen LogP contribution in [0.15, 0.2) is 12.2 Å². The van der Waals surface area contributed by atoms with Crippen molar-refractivity contribution in [2.45, 2.75) is 50.3 Å². The van der Waals surface area contributed by atoms with E-state index in [1.807, 2.05) is 0 Å². The van der Waals surface area contributed by atoms with Crippen LogP contribution in [0.5, 0.6) is 0 Å². The van der Waals surface area contributed by atoms with Crippen molar-refractivity contribution in [2.75, 3.05) is 0 Å². The second-order valence-electron chi connectivity index (χ2n) is 3.91. The Labute approximate surface area is 73.7 Å². The third-order valence-corrected chi connectivity index (χ3v) is 2.94. The SMILES string of the molecule is O[C@H]1CCC[C@@H]1NC1CC=CC1. The highest BCUT2D eigenvalue weighted by Gasteiger charge is 2.27. The van der Waals surface area contributed by atoms with Crippen LogP contribution in [0.3, 0.4) is 0 Å². The van der Waals surface area contributed by atoms with E-state index in [4.69, 9.17) is 0 Å². The topological polar surface area (TPSA) is 32.3 Å². The third kappa shape index (κ3) is 1.70. The molecule has 0 unspecified atom stereocenters. The average molecular weight is 167 g/mol. The zero-order valence-electron chi connectivity index (χ0n) is 7.37. The summed E-state index contributed by atoms with van der Waals surface area (Å²) in [5, 5.41) is 13.1. The van der Waals surface area contributed by atoms with Gasteiger partial charge in [-0.25, -0.2) is 0 Å². The smallest absolute Gasteiger partial charge is 0.0693 e. The van der Waals surface area contributed by atoms with Crippen LogP contribution in [0.4, 0.5) is 0 Å². The van der Waals surface area contributed by atoms with E-state index in [-0.39, 0.29) is 6.10 Å². The van der Waals surface area contributed by atoms with E-state index in [1.54, 1.807) is 0 Å². The van der Waals surface area contributed by atoms with Gasteiger partial charge in [0, 0.05) is 12.1 Å². The minimum atomic E-state index is -0.0920. The summed E-state index contributed by atoms with van der Waals surface area (Å²) < 4.78 is 0. The summed E-state index contributed by atoms with van der Waals surface area (Å²) in [6.07, 6.45) is 9.95. The molecule has 2 aliphatic carbocycles. The molecule has 2 N–H and O–H groups in total. The maximum Gasteiger partial charge on any atom is 0.0693 e. The maximum atomic E-state index is 9.57. The van der Waals surface area contributed by atoms with Crippen LogP contribution in [0.1, 0.15) is 32.1 Å². The molecule has 0 bridgehead atoms. The van der Waals surface area contributed by atoms with Crippen LogP contribution >= 0.6 is 0 Å². The summed E-state index contributed by atoms with van der Waals surface area (Å²) in [7, 11) is 0. The summed E-state index contributed by atoms with van der Waals surface area (Å²) >= 11 is 0. The van der Waals surface area contributed by atoms with Crippen molar-refractivity contribution in [3.05, 3.63) is 12.2 Å². The van der Waals surface area contributed by atoms with Gasteiger partial charge < -0.3 is 10.4 Å². The van der Waals surface area contributed by atoms with Crippen molar-refractivity contribution >= 4 is 0 Å². The number of hydrogen-bond acceptors (Lipinski definition) is 2. The standard InChI is InChI=1S/C10H17NO/c12-10-7-3-6-9(10)11-8-4-1-2-5-8/h1-2,8-12H,3-7H2/t9-,10-/m0/s1. The summed E-state index contributed by atoms with van der Waals surface area (Å²) in [4.78, 5) is 0. The van der Waals surface area contributed by atoms with Crippen molar-refractivity contribution in [3.8, 4) is 0 Å². The van der Waals surface area contributed by atoms with Crippen LogP contribution in [-0.2, 0) is 0 Å². The highest BCUT2D eigenvalue weighted by atomic mass is 16.3. The number of aliphatic hydroxyl groups excluding tert-OH is 1. The molecule has 2 atom stereocenters. The van der Waals surface area contributed by atoms with E-state index in [9.17, 15) is 5.11 Å². The zero-order chi connectivity index (χ0) is 8.39. The monoisotopic (exact) mass is 167 g/mol. The van der Waals surface area contributed by atoms with Crippen LogP contribution in [0, 0.1) is 0 Å². The summed E-state index contributed by atoms with van der Waals surface area (Å²) in [6.45, 7) is 0.